The SMILES string of the molecule is O=C1CCC(NCC2CCCCN2)C(=O)N1. The lowest BCUT2D eigenvalue weighted by Gasteiger charge is -2.27. The van der Waals surface area contributed by atoms with Gasteiger partial charge in [-0.1, -0.05) is 6.42 Å². The molecule has 5 nitrogen and oxygen atoms in total. The molecule has 2 amide bonds. The number of carbonyl (C=O) groups is 2. The van der Waals surface area contributed by atoms with Crippen LogP contribution >= 0.6 is 0 Å². The van der Waals surface area contributed by atoms with Crippen molar-refractivity contribution in [1.29, 1.82) is 0 Å². The third-order valence-corrected chi connectivity index (χ3v) is 3.26. The molecule has 2 fully saturated rings. The fourth-order valence-electron chi connectivity index (χ4n) is 2.27. The Morgan fingerprint density at radius 1 is 1.25 bits per heavy atom. The highest BCUT2D eigenvalue weighted by Gasteiger charge is 2.26. The van der Waals surface area contributed by atoms with Crippen molar-refractivity contribution in [1.82, 2.24) is 16.0 Å². The van der Waals surface area contributed by atoms with Gasteiger partial charge in [-0.25, -0.2) is 0 Å². The van der Waals surface area contributed by atoms with Crippen molar-refractivity contribution in [2.24, 2.45) is 0 Å². The minimum Gasteiger partial charge on any atom is -0.313 e. The first-order valence-electron chi connectivity index (χ1n) is 6.06. The van der Waals surface area contributed by atoms with E-state index in [1.807, 2.05) is 0 Å². The van der Waals surface area contributed by atoms with Crippen LogP contribution in [-0.4, -0.2) is 37.0 Å². The first kappa shape index (κ1) is 11.5. The van der Waals surface area contributed by atoms with E-state index in [1.165, 1.54) is 19.3 Å². The van der Waals surface area contributed by atoms with Gasteiger partial charge in [0.15, 0.2) is 0 Å². The molecule has 0 bridgehead atoms. The maximum atomic E-state index is 11.5. The minimum atomic E-state index is -0.193. The second-order valence-electron chi connectivity index (χ2n) is 4.56. The van der Waals surface area contributed by atoms with E-state index in [0.29, 0.717) is 18.9 Å². The van der Waals surface area contributed by atoms with E-state index in [1.54, 1.807) is 0 Å². The van der Waals surface area contributed by atoms with Crippen LogP contribution < -0.4 is 16.0 Å². The Balaban J connectivity index is 1.72. The summed E-state index contributed by atoms with van der Waals surface area (Å²) in [5, 5.41) is 9.01. The summed E-state index contributed by atoms with van der Waals surface area (Å²) in [5.41, 5.74) is 0. The third kappa shape index (κ3) is 3.02. The van der Waals surface area contributed by atoms with Gasteiger partial charge >= 0.3 is 0 Å². The van der Waals surface area contributed by atoms with Gasteiger partial charge in [-0.15, -0.1) is 0 Å². The zero-order valence-corrected chi connectivity index (χ0v) is 9.42. The van der Waals surface area contributed by atoms with E-state index < -0.39 is 0 Å². The van der Waals surface area contributed by atoms with Gasteiger partial charge in [-0.3, -0.25) is 14.9 Å². The van der Waals surface area contributed by atoms with Crippen molar-refractivity contribution < 1.29 is 9.59 Å². The van der Waals surface area contributed by atoms with Crippen LogP contribution in [0, 0.1) is 0 Å². The van der Waals surface area contributed by atoms with Crippen LogP contribution in [-0.2, 0) is 9.59 Å². The summed E-state index contributed by atoms with van der Waals surface area (Å²) in [6, 6.07) is 0.278. The molecule has 2 aliphatic heterocycles. The summed E-state index contributed by atoms with van der Waals surface area (Å²) in [6.07, 6.45) is 4.74. The van der Waals surface area contributed by atoms with Gasteiger partial charge in [0.05, 0.1) is 6.04 Å². The van der Waals surface area contributed by atoms with Crippen molar-refractivity contribution in [2.75, 3.05) is 13.1 Å². The lowest BCUT2D eigenvalue weighted by Crippen LogP contribution is -2.53. The second kappa shape index (κ2) is 5.41. The lowest BCUT2D eigenvalue weighted by molar-refractivity contribution is -0.134. The number of piperidine rings is 2. The van der Waals surface area contributed by atoms with E-state index in [2.05, 4.69) is 16.0 Å². The van der Waals surface area contributed by atoms with Crippen molar-refractivity contribution in [3.63, 3.8) is 0 Å². The Morgan fingerprint density at radius 2 is 2.12 bits per heavy atom. The predicted molar refractivity (Wildman–Crippen MR) is 59.8 cm³/mol. The molecular formula is C11H19N3O2. The molecule has 3 N–H and O–H groups in total. The second-order valence-corrected chi connectivity index (χ2v) is 4.56. The Hall–Kier alpha value is -0.940. The highest BCUT2D eigenvalue weighted by molar-refractivity contribution is 6.00. The molecule has 0 aromatic carbocycles. The normalized spacial score (nSPS) is 31.2. The minimum absolute atomic E-state index is 0.154. The zero-order valence-electron chi connectivity index (χ0n) is 9.42. The average Bonchev–Trinajstić information content (AvgIpc) is 2.29. The summed E-state index contributed by atoms with van der Waals surface area (Å²) in [5.74, 6) is -0.328. The Bertz CT molecular complexity index is 274. The van der Waals surface area contributed by atoms with Crippen LogP contribution in [0.15, 0.2) is 0 Å². The molecule has 0 saturated carbocycles. The topological polar surface area (TPSA) is 70.2 Å². The van der Waals surface area contributed by atoms with Gasteiger partial charge in [0.1, 0.15) is 0 Å². The van der Waals surface area contributed by atoms with Gasteiger partial charge in [-0.05, 0) is 25.8 Å². The van der Waals surface area contributed by atoms with Crippen molar-refractivity contribution >= 4 is 11.8 Å². The molecule has 2 unspecified atom stereocenters. The van der Waals surface area contributed by atoms with Crippen LogP contribution in [0.3, 0.4) is 0 Å². The van der Waals surface area contributed by atoms with Crippen molar-refractivity contribution in [2.45, 2.75) is 44.2 Å². The molecule has 5 heteroatoms. The monoisotopic (exact) mass is 225 g/mol. The number of amides is 2. The predicted octanol–water partition coefficient (Wildman–Crippen LogP) is -0.477. The van der Waals surface area contributed by atoms with E-state index in [4.69, 9.17) is 0 Å². The van der Waals surface area contributed by atoms with Crippen LogP contribution in [0.1, 0.15) is 32.1 Å². The molecule has 90 valence electrons. The van der Waals surface area contributed by atoms with Crippen LogP contribution in [0.4, 0.5) is 0 Å². The van der Waals surface area contributed by atoms with E-state index in [-0.39, 0.29) is 17.9 Å². The molecule has 2 aliphatic rings. The highest BCUT2D eigenvalue weighted by Crippen LogP contribution is 2.08. The number of hydrogen-bond donors (Lipinski definition) is 3. The Morgan fingerprint density at radius 3 is 2.81 bits per heavy atom. The van der Waals surface area contributed by atoms with Crippen molar-refractivity contribution in [3.8, 4) is 0 Å². The number of rotatable bonds is 3. The molecular weight excluding hydrogens is 206 g/mol. The number of hydrogen-bond acceptors (Lipinski definition) is 4. The maximum absolute atomic E-state index is 11.5. The third-order valence-electron chi connectivity index (χ3n) is 3.26. The number of carbonyl (C=O) groups excluding carboxylic acids is 2. The molecule has 16 heavy (non-hydrogen) atoms. The molecule has 0 aromatic rings. The average molecular weight is 225 g/mol. The first-order valence-corrected chi connectivity index (χ1v) is 6.06. The van der Waals surface area contributed by atoms with Crippen LogP contribution in [0.25, 0.3) is 0 Å². The number of nitrogens with one attached hydrogen (secondary N) is 3. The van der Waals surface area contributed by atoms with Gasteiger partial charge in [0.25, 0.3) is 0 Å². The lowest BCUT2D eigenvalue weighted by atomic mass is 10.0. The van der Waals surface area contributed by atoms with Gasteiger partial charge in [0, 0.05) is 19.0 Å². The summed E-state index contributed by atoms with van der Waals surface area (Å²) in [4.78, 5) is 22.4. The summed E-state index contributed by atoms with van der Waals surface area (Å²) in [7, 11) is 0. The van der Waals surface area contributed by atoms with E-state index in [9.17, 15) is 9.59 Å². The number of imide groups is 1. The molecule has 0 aromatic heterocycles. The summed E-state index contributed by atoms with van der Waals surface area (Å²) < 4.78 is 0. The molecule has 2 rings (SSSR count). The fourth-order valence-corrected chi connectivity index (χ4v) is 2.27. The summed E-state index contributed by atoms with van der Waals surface area (Å²) in [6.45, 7) is 1.88. The largest absolute Gasteiger partial charge is 0.313 e. The van der Waals surface area contributed by atoms with Crippen LogP contribution in [0.2, 0.25) is 0 Å². The van der Waals surface area contributed by atoms with Gasteiger partial charge < -0.3 is 10.6 Å². The molecule has 2 saturated heterocycles. The van der Waals surface area contributed by atoms with E-state index >= 15 is 0 Å². The standard InChI is InChI=1S/C11H19N3O2/c15-10-5-4-9(11(16)14-10)13-7-8-3-1-2-6-12-8/h8-9,12-13H,1-7H2,(H,14,15,16). The molecule has 2 atom stereocenters. The maximum Gasteiger partial charge on any atom is 0.243 e. The Kier molecular flexibility index (Phi) is 3.90. The summed E-state index contributed by atoms with van der Waals surface area (Å²) >= 11 is 0. The van der Waals surface area contributed by atoms with E-state index in [0.717, 1.165) is 13.1 Å². The highest BCUT2D eigenvalue weighted by atomic mass is 16.2. The molecule has 0 aliphatic carbocycles. The van der Waals surface area contributed by atoms with Gasteiger partial charge in [0.2, 0.25) is 11.8 Å². The zero-order chi connectivity index (χ0) is 11.4. The first-order chi connectivity index (χ1) is 7.75. The molecule has 2 heterocycles. The molecule has 0 radical (unpaired) electrons. The van der Waals surface area contributed by atoms with Crippen LogP contribution in [0.5, 0.6) is 0 Å². The van der Waals surface area contributed by atoms with Crippen molar-refractivity contribution in [3.05, 3.63) is 0 Å². The van der Waals surface area contributed by atoms with Gasteiger partial charge in [-0.2, -0.15) is 0 Å². The Labute approximate surface area is 95.3 Å². The molecule has 0 spiro atoms. The smallest absolute Gasteiger partial charge is 0.243 e. The quantitative estimate of drug-likeness (QED) is 0.568. The fraction of sp³-hybridized carbons (Fsp3) is 0.818.